The Hall–Kier alpha value is -1.90. The van der Waals surface area contributed by atoms with Crippen LogP contribution in [0.2, 0.25) is 0 Å². The van der Waals surface area contributed by atoms with Crippen molar-refractivity contribution in [2.24, 2.45) is 0 Å². The molecule has 3 aromatic rings. The number of aromatic nitrogens is 4. The SMILES string of the molecule is COC1(OC)CCCC(c2nc3c(Br)nc(-c4cccc(F)c4)c(C)n3n2)C1. The van der Waals surface area contributed by atoms with Crippen molar-refractivity contribution < 1.29 is 13.9 Å². The van der Waals surface area contributed by atoms with Crippen LogP contribution in [0.5, 0.6) is 0 Å². The Bertz CT molecular complexity index is 1020. The van der Waals surface area contributed by atoms with Crippen molar-refractivity contribution in [2.75, 3.05) is 14.2 Å². The molecule has 0 saturated heterocycles. The maximum atomic E-state index is 13.7. The highest BCUT2D eigenvalue weighted by molar-refractivity contribution is 9.10. The minimum atomic E-state index is -0.586. The van der Waals surface area contributed by atoms with Crippen LogP contribution in [0.1, 0.15) is 43.1 Å². The molecule has 8 heteroatoms. The lowest BCUT2D eigenvalue weighted by Crippen LogP contribution is -2.38. The maximum absolute atomic E-state index is 13.7. The molecule has 1 saturated carbocycles. The number of methoxy groups -OCH3 is 2. The second kappa shape index (κ2) is 7.50. The molecule has 2 heterocycles. The minimum Gasteiger partial charge on any atom is -0.353 e. The smallest absolute Gasteiger partial charge is 0.188 e. The lowest BCUT2D eigenvalue weighted by Gasteiger charge is -2.37. The van der Waals surface area contributed by atoms with E-state index in [4.69, 9.17) is 19.6 Å². The summed E-state index contributed by atoms with van der Waals surface area (Å²) in [6.07, 6.45) is 3.52. The van der Waals surface area contributed by atoms with Crippen LogP contribution in [0.3, 0.4) is 0 Å². The molecule has 0 radical (unpaired) electrons. The number of ether oxygens (including phenoxy) is 2. The number of fused-ring (bicyclic) bond motifs is 1. The number of hydrogen-bond acceptors (Lipinski definition) is 5. The van der Waals surface area contributed by atoms with E-state index in [9.17, 15) is 4.39 Å². The van der Waals surface area contributed by atoms with Crippen LogP contribution < -0.4 is 0 Å². The molecule has 1 aliphatic carbocycles. The van der Waals surface area contributed by atoms with Gasteiger partial charge in [0.2, 0.25) is 0 Å². The first-order chi connectivity index (χ1) is 13.5. The Morgan fingerprint density at radius 3 is 2.75 bits per heavy atom. The molecule has 1 aromatic carbocycles. The van der Waals surface area contributed by atoms with Gasteiger partial charge in [0.1, 0.15) is 5.82 Å². The van der Waals surface area contributed by atoms with Gasteiger partial charge in [0.25, 0.3) is 0 Å². The van der Waals surface area contributed by atoms with Crippen molar-refractivity contribution in [3.8, 4) is 11.3 Å². The summed E-state index contributed by atoms with van der Waals surface area (Å²) in [5, 5.41) is 4.77. The second-order valence-electron chi connectivity index (χ2n) is 7.16. The Balaban J connectivity index is 1.77. The second-order valence-corrected chi connectivity index (χ2v) is 7.92. The molecule has 1 aliphatic rings. The van der Waals surface area contributed by atoms with Crippen LogP contribution in [0.15, 0.2) is 28.9 Å². The van der Waals surface area contributed by atoms with Gasteiger partial charge in [-0.2, -0.15) is 5.10 Å². The zero-order valence-electron chi connectivity index (χ0n) is 16.1. The fourth-order valence-electron chi connectivity index (χ4n) is 3.98. The molecule has 1 unspecified atom stereocenters. The summed E-state index contributed by atoms with van der Waals surface area (Å²) in [5.41, 5.74) is 2.83. The van der Waals surface area contributed by atoms with Crippen LogP contribution in [-0.4, -0.2) is 39.6 Å². The summed E-state index contributed by atoms with van der Waals surface area (Å²) in [6, 6.07) is 6.40. The number of rotatable bonds is 4. The number of benzene rings is 1. The van der Waals surface area contributed by atoms with E-state index in [1.165, 1.54) is 12.1 Å². The first-order valence-corrected chi connectivity index (χ1v) is 10.0. The molecule has 2 aromatic heterocycles. The van der Waals surface area contributed by atoms with E-state index in [1.54, 1.807) is 24.8 Å². The number of halogens is 2. The number of hydrogen-bond donors (Lipinski definition) is 0. The predicted octanol–water partition coefficient (Wildman–Crippen LogP) is 4.65. The quantitative estimate of drug-likeness (QED) is 0.543. The van der Waals surface area contributed by atoms with Gasteiger partial charge in [-0.05, 0) is 47.8 Å². The normalized spacial score (nSPS) is 19.2. The third-order valence-corrected chi connectivity index (χ3v) is 6.09. The Morgan fingerprint density at radius 1 is 1.25 bits per heavy atom. The largest absolute Gasteiger partial charge is 0.353 e. The van der Waals surface area contributed by atoms with Crippen LogP contribution in [0.25, 0.3) is 16.9 Å². The van der Waals surface area contributed by atoms with Crippen molar-refractivity contribution in [3.05, 3.63) is 46.2 Å². The topological polar surface area (TPSA) is 61.5 Å². The Labute approximate surface area is 171 Å². The van der Waals surface area contributed by atoms with Crippen molar-refractivity contribution in [3.63, 3.8) is 0 Å². The average Bonchev–Trinajstić information content (AvgIpc) is 3.17. The van der Waals surface area contributed by atoms with E-state index in [1.807, 2.05) is 13.0 Å². The molecule has 4 rings (SSSR count). The fraction of sp³-hybridized carbons (Fsp3) is 0.450. The van der Waals surface area contributed by atoms with Gasteiger partial charge in [-0.15, -0.1) is 0 Å². The standard InChI is InChI=1S/C20H22BrFN4O2/c1-12-16(13-6-4-8-15(22)10-13)23-17(21)19-24-18(25-26(12)19)14-7-5-9-20(11-14,27-2)28-3/h4,6,8,10,14H,5,7,9,11H2,1-3H3. The number of aryl methyl sites for hydroxylation is 1. The first kappa shape index (κ1) is 19.4. The van der Waals surface area contributed by atoms with Gasteiger partial charge in [0, 0.05) is 38.5 Å². The molecular formula is C20H22BrFN4O2. The molecule has 0 aliphatic heterocycles. The molecule has 1 atom stereocenters. The van der Waals surface area contributed by atoms with Gasteiger partial charge < -0.3 is 9.47 Å². The highest BCUT2D eigenvalue weighted by Gasteiger charge is 2.38. The van der Waals surface area contributed by atoms with Crippen LogP contribution in [-0.2, 0) is 9.47 Å². The lowest BCUT2D eigenvalue weighted by molar-refractivity contribution is -0.226. The summed E-state index contributed by atoms with van der Waals surface area (Å²) in [6.45, 7) is 1.92. The van der Waals surface area contributed by atoms with Gasteiger partial charge in [-0.25, -0.2) is 18.9 Å². The third kappa shape index (κ3) is 3.33. The van der Waals surface area contributed by atoms with E-state index in [0.717, 1.165) is 30.8 Å². The van der Waals surface area contributed by atoms with Crippen LogP contribution in [0.4, 0.5) is 4.39 Å². The van der Waals surface area contributed by atoms with Crippen LogP contribution in [0, 0.1) is 12.7 Å². The summed E-state index contributed by atoms with van der Waals surface area (Å²) < 4.78 is 27.3. The third-order valence-electron chi connectivity index (χ3n) is 5.55. The molecule has 0 bridgehead atoms. The maximum Gasteiger partial charge on any atom is 0.188 e. The lowest BCUT2D eigenvalue weighted by atomic mass is 9.84. The van der Waals surface area contributed by atoms with Crippen molar-refractivity contribution >= 4 is 21.6 Å². The molecule has 0 amide bonds. The monoisotopic (exact) mass is 448 g/mol. The van der Waals surface area contributed by atoms with E-state index in [-0.39, 0.29) is 11.7 Å². The molecule has 1 fully saturated rings. The fourth-order valence-corrected chi connectivity index (χ4v) is 4.41. The molecule has 0 spiro atoms. The van der Waals surface area contributed by atoms with Crippen molar-refractivity contribution in [2.45, 2.75) is 44.3 Å². The zero-order valence-corrected chi connectivity index (χ0v) is 17.7. The van der Waals surface area contributed by atoms with Gasteiger partial charge >= 0.3 is 0 Å². The highest BCUT2D eigenvalue weighted by Crippen LogP contribution is 2.40. The van der Waals surface area contributed by atoms with E-state index in [0.29, 0.717) is 27.9 Å². The van der Waals surface area contributed by atoms with Gasteiger partial charge in [-0.3, -0.25) is 0 Å². The predicted molar refractivity (Wildman–Crippen MR) is 107 cm³/mol. The summed E-state index contributed by atoms with van der Waals surface area (Å²) in [4.78, 5) is 9.35. The molecule has 28 heavy (non-hydrogen) atoms. The van der Waals surface area contributed by atoms with E-state index in [2.05, 4.69) is 20.9 Å². The summed E-state index contributed by atoms with van der Waals surface area (Å²) >= 11 is 3.51. The minimum absolute atomic E-state index is 0.137. The van der Waals surface area contributed by atoms with Crippen LogP contribution >= 0.6 is 15.9 Å². The highest BCUT2D eigenvalue weighted by atomic mass is 79.9. The molecule has 0 N–H and O–H groups in total. The Kier molecular flexibility index (Phi) is 5.20. The van der Waals surface area contributed by atoms with Crippen molar-refractivity contribution in [1.29, 1.82) is 0 Å². The number of nitrogens with zero attached hydrogens (tertiary/aromatic N) is 4. The van der Waals surface area contributed by atoms with Gasteiger partial charge in [0.15, 0.2) is 21.9 Å². The first-order valence-electron chi connectivity index (χ1n) is 9.25. The zero-order chi connectivity index (χ0) is 19.9. The average molecular weight is 449 g/mol. The summed E-state index contributed by atoms with van der Waals surface area (Å²) in [7, 11) is 3.36. The Morgan fingerprint density at radius 2 is 2.04 bits per heavy atom. The van der Waals surface area contributed by atoms with Gasteiger partial charge in [-0.1, -0.05) is 12.1 Å². The van der Waals surface area contributed by atoms with Crippen molar-refractivity contribution in [1.82, 2.24) is 19.6 Å². The molecule has 6 nitrogen and oxygen atoms in total. The van der Waals surface area contributed by atoms with Gasteiger partial charge in [0.05, 0.1) is 11.4 Å². The van der Waals surface area contributed by atoms with E-state index >= 15 is 0 Å². The molecular weight excluding hydrogens is 427 g/mol. The summed E-state index contributed by atoms with van der Waals surface area (Å²) in [5.74, 6) is 0.00185. The molecule has 148 valence electrons. The van der Waals surface area contributed by atoms with E-state index < -0.39 is 5.79 Å².